The topological polar surface area (TPSA) is 36.9 Å². The summed E-state index contributed by atoms with van der Waals surface area (Å²) in [6, 6.07) is 0. The van der Waals surface area contributed by atoms with Crippen molar-refractivity contribution >= 4 is 0 Å². The molecule has 0 bridgehead atoms. The molecule has 0 spiro atoms. The van der Waals surface area contributed by atoms with Crippen LogP contribution < -0.4 is 5.73 Å². The molecule has 0 heterocycles. The molecule has 3 N–H and O–H groups in total. The first-order chi connectivity index (χ1) is 3.77. The summed E-state index contributed by atoms with van der Waals surface area (Å²) in [5, 5.41) is 0. The van der Waals surface area contributed by atoms with E-state index in [4.69, 9.17) is 4.74 Å². The zero-order valence-electron chi connectivity index (χ0n) is 5.81. The molecule has 0 aliphatic carbocycles. The molecule has 8 heavy (non-hydrogen) atoms. The van der Waals surface area contributed by atoms with Crippen molar-refractivity contribution in [2.24, 2.45) is 0 Å². The van der Waals surface area contributed by atoms with Gasteiger partial charge < -0.3 is 10.5 Å². The fourth-order valence-corrected chi connectivity index (χ4v) is 0.421. The largest absolute Gasteiger partial charge is 0.379 e. The fourth-order valence-electron chi connectivity index (χ4n) is 0.421. The molecule has 0 amide bonds. The van der Waals surface area contributed by atoms with Crippen LogP contribution in [-0.4, -0.2) is 19.3 Å². The summed E-state index contributed by atoms with van der Waals surface area (Å²) >= 11 is 0. The van der Waals surface area contributed by atoms with Gasteiger partial charge in [-0.05, 0) is 13.8 Å². The lowest BCUT2D eigenvalue weighted by Gasteiger charge is -2.03. The van der Waals surface area contributed by atoms with Crippen molar-refractivity contribution in [3.63, 3.8) is 0 Å². The standard InChI is InChI=1S/C6H15NO/c1-6(2)8-5-3-4-7/h6H,3-5,7H2,1-2H3/p+1. The fraction of sp³-hybridized carbons (Fsp3) is 1.00. The molecule has 0 unspecified atom stereocenters. The van der Waals surface area contributed by atoms with Gasteiger partial charge >= 0.3 is 0 Å². The van der Waals surface area contributed by atoms with E-state index in [1.54, 1.807) is 0 Å². The van der Waals surface area contributed by atoms with Gasteiger partial charge in [-0.15, -0.1) is 0 Å². The zero-order chi connectivity index (χ0) is 6.41. The summed E-state index contributed by atoms with van der Waals surface area (Å²) in [4.78, 5) is 0. The molecule has 0 saturated carbocycles. The van der Waals surface area contributed by atoms with Crippen molar-refractivity contribution in [1.82, 2.24) is 0 Å². The summed E-state index contributed by atoms with van der Waals surface area (Å²) in [6.45, 7) is 5.93. The molecule has 0 aliphatic heterocycles. The van der Waals surface area contributed by atoms with Crippen LogP contribution in [0.15, 0.2) is 0 Å². The summed E-state index contributed by atoms with van der Waals surface area (Å²) in [6.07, 6.45) is 1.46. The van der Waals surface area contributed by atoms with Crippen molar-refractivity contribution < 1.29 is 10.5 Å². The first-order valence-corrected chi connectivity index (χ1v) is 3.18. The van der Waals surface area contributed by atoms with E-state index in [0.29, 0.717) is 6.10 Å². The SMILES string of the molecule is CC(C)OCCC[NH3+]. The van der Waals surface area contributed by atoms with Crippen LogP contribution in [-0.2, 0) is 4.74 Å². The average molecular weight is 118 g/mol. The third-order valence-electron chi connectivity index (χ3n) is 0.846. The molecule has 2 heteroatoms. The summed E-state index contributed by atoms with van der Waals surface area (Å²) < 4.78 is 5.24. The lowest BCUT2D eigenvalue weighted by atomic mass is 10.4. The highest BCUT2D eigenvalue weighted by Crippen LogP contribution is 1.87. The van der Waals surface area contributed by atoms with Crippen molar-refractivity contribution in [2.75, 3.05) is 13.2 Å². The minimum atomic E-state index is 0.376. The van der Waals surface area contributed by atoms with Crippen molar-refractivity contribution in [3.05, 3.63) is 0 Å². The van der Waals surface area contributed by atoms with E-state index in [-0.39, 0.29) is 0 Å². The van der Waals surface area contributed by atoms with Gasteiger partial charge in [0.2, 0.25) is 0 Å². The van der Waals surface area contributed by atoms with Gasteiger partial charge in [-0.25, -0.2) is 0 Å². The molecule has 0 atom stereocenters. The summed E-state index contributed by atoms with van der Waals surface area (Å²) in [7, 11) is 0. The Balaban J connectivity index is 2.72. The van der Waals surface area contributed by atoms with Gasteiger partial charge in [0, 0.05) is 6.42 Å². The Morgan fingerprint density at radius 2 is 2.12 bits per heavy atom. The number of hydrogen-bond donors (Lipinski definition) is 1. The molecule has 0 aromatic heterocycles. The minimum absolute atomic E-state index is 0.376. The Bertz CT molecular complexity index is 45.8. The van der Waals surface area contributed by atoms with E-state index in [2.05, 4.69) is 5.73 Å². The van der Waals surface area contributed by atoms with E-state index in [1.807, 2.05) is 13.8 Å². The third-order valence-corrected chi connectivity index (χ3v) is 0.846. The second-order valence-corrected chi connectivity index (χ2v) is 2.13. The van der Waals surface area contributed by atoms with E-state index in [1.165, 1.54) is 0 Å². The van der Waals surface area contributed by atoms with Crippen LogP contribution in [0.2, 0.25) is 0 Å². The first-order valence-electron chi connectivity index (χ1n) is 3.18. The third kappa shape index (κ3) is 5.92. The number of ether oxygens (including phenoxy) is 1. The zero-order valence-corrected chi connectivity index (χ0v) is 5.81. The van der Waals surface area contributed by atoms with Crippen molar-refractivity contribution in [1.29, 1.82) is 0 Å². The molecular formula is C6H16NO+. The van der Waals surface area contributed by atoms with E-state index < -0.39 is 0 Å². The van der Waals surface area contributed by atoms with Gasteiger partial charge in [-0.2, -0.15) is 0 Å². The molecular weight excluding hydrogens is 102 g/mol. The Morgan fingerprint density at radius 3 is 2.50 bits per heavy atom. The maximum Gasteiger partial charge on any atom is 0.0762 e. The monoisotopic (exact) mass is 118 g/mol. The number of quaternary nitrogens is 1. The molecule has 0 aliphatic rings. The molecule has 0 radical (unpaired) electrons. The second kappa shape index (κ2) is 5.06. The second-order valence-electron chi connectivity index (χ2n) is 2.13. The van der Waals surface area contributed by atoms with Crippen molar-refractivity contribution in [3.8, 4) is 0 Å². The van der Waals surface area contributed by atoms with Crippen LogP contribution in [0.1, 0.15) is 20.3 Å². The molecule has 0 fully saturated rings. The van der Waals surface area contributed by atoms with Gasteiger partial charge in [0.15, 0.2) is 0 Å². The van der Waals surface area contributed by atoms with Gasteiger partial charge in [0.05, 0.1) is 19.3 Å². The quantitative estimate of drug-likeness (QED) is 0.520. The van der Waals surface area contributed by atoms with E-state index in [0.717, 1.165) is 19.6 Å². The Morgan fingerprint density at radius 1 is 1.50 bits per heavy atom. The molecule has 0 saturated heterocycles. The van der Waals surface area contributed by atoms with Gasteiger partial charge in [-0.1, -0.05) is 0 Å². The Labute approximate surface area is 51.0 Å². The lowest BCUT2D eigenvalue weighted by molar-refractivity contribution is -0.369. The molecule has 0 aromatic rings. The first kappa shape index (κ1) is 7.92. The van der Waals surface area contributed by atoms with Crippen LogP contribution in [0.4, 0.5) is 0 Å². The van der Waals surface area contributed by atoms with E-state index in [9.17, 15) is 0 Å². The van der Waals surface area contributed by atoms with Crippen molar-refractivity contribution in [2.45, 2.75) is 26.4 Å². The van der Waals surface area contributed by atoms with Crippen LogP contribution in [0.25, 0.3) is 0 Å². The highest BCUT2D eigenvalue weighted by molar-refractivity contribution is 4.36. The number of rotatable bonds is 4. The highest BCUT2D eigenvalue weighted by atomic mass is 16.5. The predicted molar refractivity (Wildman–Crippen MR) is 33.5 cm³/mol. The maximum absolute atomic E-state index is 5.24. The highest BCUT2D eigenvalue weighted by Gasteiger charge is 1.90. The Hall–Kier alpha value is -0.0800. The predicted octanol–water partition coefficient (Wildman–Crippen LogP) is 0.0434. The Kier molecular flexibility index (Phi) is 5.01. The van der Waals surface area contributed by atoms with E-state index >= 15 is 0 Å². The molecule has 0 rings (SSSR count). The van der Waals surface area contributed by atoms with Gasteiger partial charge in [0.25, 0.3) is 0 Å². The van der Waals surface area contributed by atoms with Gasteiger partial charge in [-0.3, -0.25) is 0 Å². The smallest absolute Gasteiger partial charge is 0.0762 e. The average Bonchev–Trinajstić information content (AvgIpc) is 1.66. The van der Waals surface area contributed by atoms with Crippen LogP contribution in [0, 0.1) is 0 Å². The summed E-state index contributed by atoms with van der Waals surface area (Å²) in [5.74, 6) is 0. The van der Waals surface area contributed by atoms with Crippen LogP contribution in [0.5, 0.6) is 0 Å². The van der Waals surface area contributed by atoms with Crippen LogP contribution in [0.3, 0.4) is 0 Å². The molecule has 2 nitrogen and oxygen atoms in total. The number of hydrogen-bond acceptors (Lipinski definition) is 1. The lowest BCUT2D eigenvalue weighted by Crippen LogP contribution is -2.50. The maximum atomic E-state index is 5.24. The van der Waals surface area contributed by atoms with Crippen LogP contribution >= 0.6 is 0 Å². The summed E-state index contributed by atoms with van der Waals surface area (Å²) in [5.41, 5.74) is 3.70. The normalized spacial score (nSPS) is 10.5. The van der Waals surface area contributed by atoms with Gasteiger partial charge in [0.1, 0.15) is 0 Å². The molecule has 0 aromatic carbocycles. The minimum Gasteiger partial charge on any atom is -0.379 e. The molecule has 50 valence electrons.